The lowest BCUT2D eigenvalue weighted by molar-refractivity contribution is 0.241. The first-order valence-corrected chi connectivity index (χ1v) is 8.57. The number of likely N-dealkylation sites (N-methyl/N-ethyl adjacent to an activating group) is 1. The summed E-state index contributed by atoms with van der Waals surface area (Å²) >= 11 is 13.0. The van der Waals surface area contributed by atoms with Crippen LogP contribution in [-0.2, 0) is 6.54 Å². The molecule has 0 bridgehead atoms. The van der Waals surface area contributed by atoms with E-state index in [0.29, 0.717) is 6.54 Å². The van der Waals surface area contributed by atoms with E-state index in [1.165, 1.54) is 5.56 Å². The molecule has 0 saturated heterocycles. The molecule has 0 saturated carbocycles. The minimum atomic E-state index is 0.139. The molecule has 0 aliphatic rings. The van der Waals surface area contributed by atoms with E-state index in [1.807, 2.05) is 18.2 Å². The molecule has 5 heteroatoms. The van der Waals surface area contributed by atoms with Gasteiger partial charge in [-0.25, -0.2) is 0 Å². The molecule has 0 aliphatic heterocycles. The highest BCUT2D eigenvalue weighted by molar-refractivity contribution is 9.10. The Morgan fingerprint density at radius 3 is 2.38 bits per heavy atom. The molecule has 0 amide bonds. The van der Waals surface area contributed by atoms with E-state index >= 15 is 0 Å². The maximum Gasteiger partial charge on any atom is 0.0482 e. The molecule has 1 unspecified atom stereocenters. The monoisotopic (exact) mass is 430 g/mol. The fourth-order valence-electron chi connectivity index (χ4n) is 2.30. The number of benzene rings is 2. The third kappa shape index (κ3) is 4.54. The van der Waals surface area contributed by atoms with Crippen LogP contribution < -0.4 is 5.73 Å². The van der Waals surface area contributed by atoms with Crippen molar-refractivity contribution >= 4 is 43.5 Å². The molecule has 0 spiro atoms. The number of halogens is 3. The Hall–Kier alpha value is -0.390. The van der Waals surface area contributed by atoms with Gasteiger partial charge in [-0.05, 0) is 42.4 Å². The minimum Gasteiger partial charge on any atom is -0.329 e. The van der Waals surface area contributed by atoms with Crippen LogP contribution in [0.2, 0.25) is 5.02 Å². The second-order valence-electron chi connectivity index (χ2n) is 4.96. The van der Waals surface area contributed by atoms with Crippen molar-refractivity contribution in [2.45, 2.75) is 12.6 Å². The molecule has 0 aliphatic carbocycles. The summed E-state index contributed by atoms with van der Waals surface area (Å²) in [6.07, 6.45) is 0. The van der Waals surface area contributed by atoms with Crippen molar-refractivity contribution in [3.8, 4) is 0 Å². The summed E-state index contributed by atoms with van der Waals surface area (Å²) in [5, 5.41) is 0.719. The third-order valence-electron chi connectivity index (χ3n) is 3.42. The van der Waals surface area contributed by atoms with E-state index < -0.39 is 0 Å². The number of nitrogens with zero attached hydrogens (tertiary/aromatic N) is 1. The Labute approximate surface area is 147 Å². The predicted molar refractivity (Wildman–Crippen MR) is 96.6 cm³/mol. The highest BCUT2D eigenvalue weighted by Gasteiger charge is 2.18. The number of rotatable bonds is 5. The fraction of sp³-hybridized carbons (Fsp3) is 0.250. The minimum absolute atomic E-state index is 0.139. The van der Waals surface area contributed by atoms with Gasteiger partial charge in [0.05, 0.1) is 0 Å². The zero-order valence-corrected chi connectivity index (χ0v) is 15.6. The van der Waals surface area contributed by atoms with Gasteiger partial charge in [-0.3, -0.25) is 4.90 Å². The molecule has 2 nitrogen and oxygen atoms in total. The molecule has 2 rings (SSSR count). The molecule has 0 radical (unpaired) electrons. The van der Waals surface area contributed by atoms with Gasteiger partial charge in [0.1, 0.15) is 0 Å². The SMILES string of the molecule is CN(Cc1ccc(Br)cc1)C(CN)c1ccc(Cl)cc1Br. The first-order valence-electron chi connectivity index (χ1n) is 6.61. The summed E-state index contributed by atoms with van der Waals surface area (Å²) in [7, 11) is 2.08. The summed E-state index contributed by atoms with van der Waals surface area (Å²) < 4.78 is 2.08. The van der Waals surface area contributed by atoms with Crippen molar-refractivity contribution in [1.82, 2.24) is 4.90 Å². The van der Waals surface area contributed by atoms with E-state index in [2.05, 4.69) is 68.1 Å². The number of hydrogen-bond donors (Lipinski definition) is 1. The topological polar surface area (TPSA) is 29.3 Å². The van der Waals surface area contributed by atoms with Crippen LogP contribution in [0.1, 0.15) is 17.2 Å². The molecular weight excluding hydrogens is 415 g/mol. The zero-order valence-electron chi connectivity index (χ0n) is 11.7. The van der Waals surface area contributed by atoms with Gasteiger partial charge in [0.15, 0.2) is 0 Å². The average molecular weight is 433 g/mol. The Kier molecular flexibility index (Phi) is 6.26. The summed E-state index contributed by atoms with van der Waals surface area (Å²) in [4.78, 5) is 2.25. The lowest BCUT2D eigenvalue weighted by Gasteiger charge is -2.28. The zero-order chi connectivity index (χ0) is 15.4. The van der Waals surface area contributed by atoms with Crippen LogP contribution >= 0.6 is 43.5 Å². The normalized spacial score (nSPS) is 12.7. The van der Waals surface area contributed by atoms with Crippen LogP contribution in [0.15, 0.2) is 51.4 Å². The molecule has 1 atom stereocenters. The molecule has 2 aromatic rings. The molecule has 0 aromatic heterocycles. The van der Waals surface area contributed by atoms with Gasteiger partial charge < -0.3 is 5.73 Å². The van der Waals surface area contributed by atoms with Crippen LogP contribution in [0, 0.1) is 0 Å². The molecule has 2 N–H and O–H groups in total. The lowest BCUT2D eigenvalue weighted by atomic mass is 10.0. The largest absolute Gasteiger partial charge is 0.329 e. The van der Waals surface area contributed by atoms with Gasteiger partial charge in [-0.15, -0.1) is 0 Å². The second kappa shape index (κ2) is 7.75. The highest BCUT2D eigenvalue weighted by Crippen LogP contribution is 2.30. The van der Waals surface area contributed by atoms with Crippen molar-refractivity contribution in [3.63, 3.8) is 0 Å². The van der Waals surface area contributed by atoms with Crippen molar-refractivity contribution in [3.05, 3.63) is 67.6 Å². The van der Waals surface area contributed by atoms with Crippen molar-refractivity contribution in [2.75, 3.05) is 13.6 Å². The van der Waals surface area contributed by atoms with Crippen LogP contribution in [-0.4, -0.2) is 18.5 Å². The summed E-state index contributed by atoms with van der Waals surface area (Å²) in [6, 6.07) is 14.3. The van der Waals surface area contributed by atoms with Crippen molar-refractivity contribution in [2.24, 2.45) is 5.73 Å². The first-order chi connectivity index (χ1) is 10.0. The maximum atomic E-state index is 6.01. The standard InChI is InChI=1S/C16H17Br2ClN2/c1-21(10-11-2-4-12(17)5-3-11)16(9-20)14-7-6-13(19)8-15(14)18/h2-8,16H,9-10,20H2,1H3. The van der Waals surface area contributed by atoms with Crippen molar-refractivity contribution in [1.29, 1.82) is 0 Å². The summed E-state index contributed by atoms with van der Waals surface area (Å²) in [5.41, 5.74) is 8.40. The number of hydrogen-bond acceptors (Lipinski definition) is 2. The van der Waals surface area contributed by atoms with Gasteiger partial charge in [-0.2, -0.15) is 0 Å². The molecule has 0 heterocycles. The summed E-state index contributed by atoms with van der Waals surface area (Å²) in [6.45, 7) is 1.39. The molecule has 0 fully saturated rings. The Bertz CT molecular complexity index is 602. The maximum absolute atomic E-state index is 6.01. The highest BCUT2D eigenvalue weighted by atomic mass is 79.9. The quantitative estimate of drug-likeness (QED) is 0.721. The predicted octanol–water partition coefficient (Wildman–Crippen LogP) is 5.00. The fourth-order valence-corrected chi connectivity index (χ4v) is 3.52. The van der Waals surface area contributed by atoms with Gasteiger partial charge in [0.25, 0.3) is 0 Å². The first kappa shape index (κ1) is 17.0. The van der Waals surface area contributed by atoms with E-state index in [9.17, 15) is 0 Å². The molecule has 21 heavy (non-hydrogen) atoms. The Balaban J connectivity index is 2.18. The van der Waals surface area contributed by atoms with Gasteiger partial charge >= 0.3 is 0 Å². The number of nitrogens with two attached hydrogens (primary N) is 1. The van der Waals surface area contributed by atoms with Gasteiger partial charge in [0.2, 0.25) is 0 Å². The smallest absolute Gasteiger partial charge is 0.0482 e. The molecular formula is C16H17Br2ClN2. The van der Waals surface area contributed by atoms with Crippen LogP contribution in [0.3, 0.4) is 0 Å². The van der Waals surface area contributed by atoms with E-state index in [1.54, 1.807) is 0 Å². The van der Waals surface area contributed by atoms with Crippen LogP contribution in [0.5, 0.6) is 0 Å². The van der Waals surface area contributed by atoms with Gasteiger partial charge in [0, 0.05) is 33.1 Å². The van der Waals surface area contributed by atoms with Crippen LogP contribution in [0.4, 0.5) is 0 Å². The van der Waals surface area contributed by atoms with Crippen LogP contribution in [0.25, 0.3) is 0 Å². The third-order valence-corrected chi connectivity index (χ3v) is 4.87. The van der Waals surface area contributed by atoms with Crippen molar-refractivity contribution < 1.29 is 0 Å². The average Bonchev–Trinajstić information content (AvgIpc) is 2.44. The van der Waals surface area contributed by atoms with E-state index in [-0.39, 0.29) is 6.04 Å². The molecule has 2 aromatic carbocycles. The summed E-state index contributed by atoms with van der Waals surface area (Å²) in [5.74, 6) is 0. The second-order valence-corrected chi connectivity index (χ2v) is 7.17. The molecule has 112 valence electrons. The Morgan fingerprint density at radius 2 is 1.81 bits per heavy atom. The van der Waals surface area contributed by atoms with Gasteiger partial charge in [-0.1, -0.05) is 61.7 Å². The van der Waals surface area contributed by atoms with E-state index in [0.717, 1.165) is 26.1 Å². The lowest BCUT2D eigenvalue weighted by Crippen LogP contribution is -2.30. The van der Waals surface area contributed by atoms with E-state index in [4.69, 9.17) is 17.3 Å². The Morgan fingerprint density at radius 1 is 1.14 bits per heavy atom.